The molecular weight excluding hydrogens is 248 g/mol. The SMILES string of the molecule is CC1CCC(Cn2cncc2-c2ccnc(N)c2)CC1. The first-order valence-electron chi connectivity index (χ1n) is 7.44. The summed E-state index contributed by atoms with van der Waals surface area (Å²) >= 11 is 0. The van der Waals surface area contributed by atoms with Crippen molar-refractivity contribution in [3.8, 4) is 11.3 Å². The molecule has 2 aromatic rings. The molecule has 0 aromatic carbocycles. The van der Waals surface area contributed by atoms with Gasteiger partial charge in [0.15, 0.2) is 0 Å². The number of nitrogens with two attached hydrogens (primary N) is 1. The molecule has 3 rings (SSSR count). The van der Waals surface area contributed by atoms with Crippen LogP contribution in [0, 0.1) is 11.8 Å². The lowest BCUT2D eigenvalue weighted by atomic mass is 9.83. The molecule has 0 spiro atoms. The van der Waals surface area contributed by atoms with Gasteiger partial charge in [-0.3, -0.25) is 0 Å². The Bertz CT molecular complexity index is 567. The van der Waals surface area contributed by atoms with Gasteiger partial charge in [-0.25, -0.2) is 9.97 Å². The van der Waals surface area contributed by atoms with Gasteiger partial charge < -0.3 is 10.3 Å². The Kier molecular flexibility index (Phi) is 3.72. The summed E-state index contributed by atoms with van der Waals surface area (Å²) in [5.74, 6) is 2.23. The molecule has 4 heteroatoms. The lowest BCUT2D eigenvalue weighted by molar-refractivity contribution is 0.265. The Labute approximate surface area is 120 Å². The average molecular weight is 270 g/mol. The molecule has 2 aromatic heterocycles. The Balaban J connectivity index is 1.77. The van der Waals surface area contributed by atoms with Crippen LogP contribution in [0.25, 0.3) is 11.3 Å². The van der Waals surface area contributed by atoms with Gasteiger partial charge in [0.05, 0.1) is 18.2 Å². The molecule has 0 atom stereocenters. The predicted octanol–water partition coefficient (Wildman–Crippen LogP) is 3.35. The maximum atomic E-state index is 5.77. The van der Waals surface area contributed by atoms with Gasteiger partial charge in [0.1, 0.15) is 5.82 Å². The first-order chi connectivity index (χ1) is 9.72. The van der Waals surface area contributed by atoms with E-state index >= 15 is 0 Å². The van der Waals surface area contributed by atoms with E-state index in [1.165, 1.54) is 25.7 Å². The molecule has 1 fully saturated rings. The van der Waals surface area contributed by atoms with E-state index in [-0.39, 0.29) is 0 Å². The Hall–Kier alpha value is -1.84. The number of nitrogen functional groups attached to an aromatic ring is 1. The fraction of sp³-hybridized carbons (Fsp3) is 0.500. The van der Waals surface area contributed by atoms with E-state index in [0.29, 0.717) is 5.82 Å². The van der Waals surface area contributed by atoms with Crippen LogP contribution in [-0.4, -0.2) is 14.5 Å². The molecular formula is C16H22N4. The van der Waals surface area contributed by atoms with Crippen LogP contribution in [0.5, 0.6) is 0 Å². The molecule has 20 heavy (non-hydrogen) atoms. The minimum atomic E-state index is 0.557. The number of aromatic nitrogens is 3. The smallest absolute Gasteiger partial charge is 0.123 e. The zero-order valence-electron chi connectivity index (χ0n) is 12.0. The minimum Gasteiger partial charge on any atom is -0.384 e. The van der Waals surface area contributed by atoms with Crippen LogP contribution >= 0.6 is 0 Å². The molecule has 0 unspecified atom stereocenters. The standard InChI is InChI=1S/C16H22N4/c1-12-2-4-13(5-3-12)10-20-11-18-9-15(20)14-6-7-19-16(17)8-14/h6-9,11-13H,2-5,10H2,1H3,(H2,17,19). The van der Waals surface area contributed by atoms with Crippen molar-refractivity contribution in [1.29, 1.82) is 0 Å². The highest BCUT2D eigenvalue weighted by molar-refractivity contribution is 5.61. The van der Waals surface area contributed by atoms with E-state index in [0.717, 1.165) is 29.6 Å². The number of rotatable bonds is 3. The first-order valence-corrected chi connectivity index (χ1v) is 7.44. The molecule has 0 saturated heterocycles. The normalized spacial score (nSPS) is 22.9. The Morgan fingerprint density at radius 2 is 2.10 bits per heavy atom. The third-order valence-corrected chi connectivity index (χ3v) is 4.38. The third kappa shape index (κ3) is 2.84. The van der Waals surface area contributed by atoms with Crippen molar-refractivity contribution in [3.05, 3.63) is 30.9 Å². The maximum absolute atomic E-state index is 5.77. The van der Waals surface area contributed by atoms with Crippen LogP contribution in [0.2, 0.25) is 0 Å². The van der Waals surface area contributed by atoms with Crippen molar-refractivity contribution >= 4 is 5.82 Å². The van der Waals surface area contributed by atoms with Gasteiger partial charge in [-0.1, -0.05) is 19.8 Å². The van der Waals surface area contributed by atoms with Gasteiger partial charge in [0.25, 0.3) is 0 Å². The van der Waals surface area contributed by atoms with Crippen LogP contribution in [0.15, 0.2) is 30.9 Å². The molecule has 2 heterocycles. The molecule has 2 N–H and O–H groups in total. The summed E-state index contributed by atoms with van der Waals surface area (Å²) in [5, 5.41) is 0. The molecule has 0 aliphatic heterocycles. The monoisotopic (exact) mass is 270 g/mol. The minimum absolute atomic E-state index is 0.557. The van der Waals surface area contributed by atoms with E-state index < -0.39 is 0 Å². The molecule has 106 valence electrons. The van der Waals surface area contributed by atoms with Crippen LogP contribution in [0.1, 0.15) is 32.6 Å². The van der Waals surface area contributed by atoms with Gasteiger partial charge in [-0.05, 0) is 36.8 Å². The summed E-state index contributed by atoms with van der Waals surface area (Å²) in [6.45, 7) is 3.42. The fourth-order valence-corrected chi connectivity index (χ4v) is 3.10. The highest BCUT2D eigenvalue weighted by Gasteiger charge is 2.19. The van der Waals surface area contributed by atoms with Gasteiger partial charge in [-0.2, -0.15) is 0 Å². The van der Waals surface area contributed by atoms with Gasteiger partial charge in [0.2, 0.25) is 0 Å². The lowest BCUT2D eigenvalue weighted by Crippen LogP contribution is -2.17. The molecule has 0 amide bonds. The highest BCUT2D eigenvalue weighted by atomic mass is 15.0. The molecule has 4 nitrogen and oxygen atoms in total. The van der Waals surface area contributed by atoms with E-state index in [1.54, 1.807) is 6.20 Å². The number of hydrogen-bond acceptors (Lipinski definition) is 3. The van der Waals surface area contributed by atoms with Crippen molar-refractivity contribution in [2.45, 2.75) is 39.2 Å². The zero-order valence-corrected chi connectivity index (χ0v) is 12.0. The number of hydrogen-bond donors (Lipinski definition) is 1. The van der Waals surface area contributed by atoms with Crippen LogP contribution < -0.4 is 5.73 Å². The molecule has 0 bridgehead atoms. The van der Waals surface area contributed by atoms with E-state index in [9.17, 15) is 0 Å². The molecule has 0 radical (unpaired) electrons. The summed E-state index contributed by atoms with van der Waals surface area (Å²) < 4.78 is 2.26. The summed E-state index contributed by atoms with van der Waals surface area (Å²) in [4.78, 5) is 8.36. The average Bonchev–Trinajstić information content (AvgIpc) is 2.89. The van der Waals surface area contributed by atoms with Crippen LogP contribution in [-0.2, 0) is 6.54 Å². The number of pyridine rings is 1. The van der Waals surface area contributed by atoms with Crippen LogP contribution in [0.4, 0.5) is 5.82 Å². The lowest BCUT2D eigenvalue weighted by Gasteiger charge is -2.26. The van der Waals surface area contributed by atoms with Crippen molar-refractivity contribution in [2.75, 3.05) is 5.73 Å². The maximum Gasteiger partial charge on any atom is 0.123 e. The summed E-state index contributed by atoms with van der Waals surface area (Å²) in [6.07, 6.45) is 11.0. The second-order valence-corrected chi connectivity index (χ2v) is 6.03. The topological polar surface area (TPSA) is 56.7 Å². The van der Waals surface area contributed by atoms with Crippen molar-refractivity contribution < 1.29 is 0 Å². The predicted molar refractivity (Wildman–Crippen MR) is 81.0 cm³/mol. The van der Waals surface area contributed by atoms with Gasteiger partial charge in [-0.15, -0.1) is 0 Å². The fourth-order valence-electron chi connectivity index (χ4n) is 3.10. The van der Waals surface area contributed by atoms with Crippen LogP contribution in [0.3, 0.4) is 0 Å². The van der Waals surface area contributed by atoms with E-state index in [4.69, 9.17) is 5.73 Å². The highest BCUT2D eigenvalue weighted by Crippen LogP contribution is 2.30. The molecule has 1 saturated carbocycles. The summed E-state index contributed by atoms with van der Waals surface area (Å²) in [6, 6.07) is 3.91. The van der Waals surface area contributed by atoms with Gasteiger partial charge >= 0.3 is 0 Å². The zero-order chi connectivity index (χ0) is 13.9. The summed E-state index contributed by atoms with van der Waals surface area (Å²) in [5.41, 5.74) is 8.01. The number of anilines is 1. The summed E-state index contributed by atoms with van der Waals surface area (Å²) in [7, 11) is 0. The Morgan fingerprint density at radius 3 is 2.85 bits per heavy atom. The van der Waals surface area contributed by atoms with Gasteiger partial charge in [0, 0.05) is 18.3 Å². The third-order valence-electron chi connectivity index (χ3n) is 4.38. The largest absolute Gasteiger partial charge is 0.384 e. The molecule has 1 aliphatic rings. The Morgan fingerprint density at radius 1 is 1.30 bits per heavy atom. The number of imidazole rings is 1. The van der Waals surface area contributed by atoms with Crippen molar-refractivity contribution in [3.63, 3.8) is 0 Å². The van der Waals surface area contributed by atoms with E-state index in [1.807, 2.05) is 24.7 Å². The second-order valence-electron chi connectivity index (χ2n) is 6.03. The number of nitrogens with zero attached hydrogens (tertiary/aromatic N) is 3. The molecule has 1 aliphatic carbocycles. The first kappa shape index (κ1) is 13.2. The van der Waals surface area contributed by atoms with Crippen molar-refractivity contribution in [2.24, 2.45) is 11.8 Å². The quantitative estimate of drug-likeness (QED) is 0.930. The van der Waals surface area contributed by atoms with E-state index in [2.05, 4.69) is 21.5 Å². The second kappa shape index (κ2) is 5.65. The van der Waals surface area contributed by atoms with Crippen molar-refractivity contribution in [1.82, 2.24) is 14.5 Å².